The highest BCUT2D eigenvalue weighted by atomic mass is 19.1. The van der Waals surface area contributed by atoms with E-state index in [0.717, 1.165) is 17.8 Å². The van der Waals surface area contributed by atoms with Gasteiger partial charge >= 0.3 is 0 Å². The monoisotopic (exact) mass is 327 g/mol. The highest BCUT2D eigenvalue weighted by Crippen LogP contribution is 2.18. The second-order valence-corrected chi connectivity index (χ2v) is 5.50. The predicted molar refractivity (Wildman–Crippen MR) is 87.7 cm³/mol. The molecule has 1 amide bonds. The molecule has 0 unspecified atom stereocenters. The third kappa shape index (κ3) is 3.34. The van der Waals surface area contributed by atoms with Gasteiger partial charge in [0.15, 0.2) is 0 Å². The van der Waals surface area contributed by atoms with Gasteiger partial charge in [-0.15, -0.1) is 0 Å². The molecule has 2 heterocycles. The van der Waals surface area contributed by atoms with Crippen LogP contribution in [0.2, 0.25) is 0 Å². The van der Waals surface area contributed by atoms with Crippen molar-refractivity contribution in [2.75, 3.05) is 7.05 Å². The third-order valence-corrected chi connectivity index (χ3v) is 3.71. The molecule has 6 nitrogen and oxygen atoms in total. The van der Waals surface area contributed by atoms with Crippen molar-refractivity contribution in [3.05, 3.63) is 59.8 Å². The normalized spacial score (nSPS) is 10.8. The zero-order valence-corrected chi connectivity index (χ0v) is 13.5. The predicted octanol–water partition coefficient (Wildman–Crippen LogP) is 2.70. The number of amides is 1. The zero-order chi connectivity index (χ0) is 17.1. The molecule has 124 valence electrons. The van der Waals surface area contributed by atoms with Crippen LogP contribution in [0.3, 0.4) is 0 Å². The van der Waals surface area contributed by atoms with Gasteiger partial charge in [-0.2, -0.15) is 10.2 Å². The summed E-state index contributed by atoms with van der Waals surface area (Å²) >= 11 is 0. The van der Waals surface area contributed by atoms with Gasteiger partial charge in [0.05, 0.1) is 17.9 Å². The molecule has 2 aromatic heterocycles. The molecule has 3 aromatic rings. The highest BCUT2D eigenvalue weighted by Gasteiger charge is 2.16. The van der Waals surface area contributed by atoms with Gasteiger partial charge in [0.1, 0.15) is 11.5 Å². The molecule has 1 aromatic carbocycles. The second kappa shape index (κ2) is 6.66. The fourth-order valence-electron chi connectivity index (χ4n) is 2.38. The first kappa shape index (κ1) is 15.9. The van der Waals surface area contributed by atoms with E-state index in [-0.39, 0.29) is 11.7 Å². The maximum atomic E-state index is 13.0. The molecular formula is C17H18FN5O. The Kier molecular flexibility index (Phi) is 4.41. The first-order valence-corrected chi connectivity index (χ1v) is 7.66. The van der Waals surface area contributed by atoms with Crippen LogP contribution in [0.15, 0.2) is 42.6 Å². The van der Waals surface area contributed by atoms with E-state index in [0.29, 0.717) is 17.9 Å². The number of benzene rings is 1. The van der Waals surface area contributed by atoms with Crippen molar-refractivity contribution < 1.29 is 9.18 Å². The van der Waals surface area contributed by atoms with E-state index in [1.54, 1.807) is 30.1 Å². The Morgan fingerprint density at radius 1 is 1.29 bits per heavy atom. The van der Waals surface area contributed by atoms with Crippen molar-refractivity contribution in [3.8, 4) is 11.3 Å². The van der Waals surface area contributed by atoms with Gasteiger partial charge in [0.25, 0.3) is 5.91 Å². The van der Waals surface area contributed by atoms with Gasteiger partial charge in [-0.25, -0.2) is 4.39 Å². The molecule has 0 bridgehead atoms. The number of aryl methyl sites for hydroxylation is 1. The number of rotatable bonds is 5. The van der Waals surface area contributed by atoms with E-state index in [1.165, 1.54) is 12.1 Å². The molecule has 3 rings (SSSR count). The summed E-state index contributed by atoms with van der Waals surface area (Å²) in [5.41, 5.74) is 2.55. The minimum absolute atomic E-state index is 0.179. The largest absolute Gasteiger partial charge is 0.334 e. The van der Waals surface area contributed by atoms with Crippen molar-refractivity contribution in [1.29, 1.82) is 0 Å². The van der Waals surface area contributed by atoms with Crippen molar-refractivity contribution in [2.45, 2.75) is 20.0 Å². The molecule has 0 aliphatic carbocycles. The molecule has 1 N–H and O–H groups in total. The van der Waals surface area contributed by atoms with Crippen molar-refractivity contribution in [3.63, 3.8) is 0 Å². The lowest BCUT2D eigenvalue weighted by molar-refractivity contribution is 0.0777. The zero-order valence-electron chi connectivity index (χ0n) is 13.5. The van der Waals surface area contributed by atoms with Gasteiger partial charge in [0.2, 0.25) is 0 Å². The summed E-state index contributed by atoms with van der Waals surface area (Å²) in [7, 11) is 1.71. The first-order chi connectivity index (χ1) is 11.6. The van der Waals surface area contributed by atoms with Crippen LogP contribution < -0.4 is 0 Å². The number of hydrogen-bond acceptors (Lipinski definition) is 3. The lowest BCUT2D eigenvalue weighted by Gasteiger charge is -2.14. The smallest absolute Gasteiger partial charge is 0.271 e. The van der Waals surface area contributed by atoms with Gasteiger partial charge in [-0.05, 0) is 43.3 Å². The Morgan fingerprint density at radius 3 is 2.71 bits per heavy atom. The average Bonchev–Trinajstić information content (AvgIpc) is 3.24. The number of halogens is 1. The molecule has 0 atom stereocenters. The molecule has 0 spiro atoms. The maximum absolute atomic E-state index is 13.0. The topological polar surface area (TPSA) is 66.8 Å². The quantitative estimate of drug-likeness (QED) is 0.783. The summed E-state index contributed by atoms with van der Waals surface area (Å²) in [5.74, 6) is -0.487. The minimum Gasteiger partial charge on any atom is -0.334 e. The average molecular weight is 327 g/mol. The summed E-state index contributed by atoms with van der Waals surface area (Å²) in [6.07, 6.45) is 1.89. The third-order valence-electron chi connectivity index (χ3n) is 3.71. The number of aromatic nitrogens is 4. The van der Waals surface area contributed by atoms with E-state index in [2.05, 4.69) is 15.3 Å². The second-order valence-electron chi connectivity index (χ2n) is 5.50. The van der Waals surface area contributed by atoms with Gasteiger partial charge < -0.3 is 4.90 Å². The van der Waals surface area contributed by atoms with E-state index >= 15 is 0 Å². The van der Waals surface area contributed by atoms with Crippen LogP contribution in [-0.2, 0) is 13.1 Å². The Labute approximate surface area is 138 Å². The number of hydrogen-bond donors (Lipinski definition) is 1. The van der Waals surface area contributed by atoms with Gasteiger partial charge in [0, 0.05) is 25.4 Å². The van der Waals surface area contributed by atoms with Crippen LogP contribution in [0.4, 0.5) is 4.39 Å². The van der Waals surface area contributed by atoms with Crippen molar-refractivity contribution >= 4 is 5.91 Å². The fourth-order valence-corrected chi connectivity index (χ4v) is 2.38. The highest BCUT2D eigenvalue weighted by molar-refractivity contribution is 5.93. The van der Waals surface area contributed by atoms with E-state index in [1.807, 2.05) is 23.9 Å². The van der Waals surface area contributed by atoms with Crippen LogP contribution in [0.1, 0.15) is 23.1 Å². The van der Waals surface area contributed by atoms with Crippen molar-refractivity contribution in [2.24, 2.45) is 0 Å². The fraction of sp³-hybridized carbons (Fsp3) is 0.235. The van der Waals surface area contributed by atoms with Crippen LogP contribution in [0, 0.1) is 5.82 Å². The van der Waals surface area contributed by atoms with Gasteiger partial charge in [-0.1, -0.05) is 0 Å². The Morgan fingerprint density at radius 2 is 2.04 bits per heavy atom. The summed E-state index contributed by atoms with van der Waals surface area (Å²) in [4.78, 5) is 14.1. The molecular weight excluding hydrogens is 309 g/mol. The van der Waals surface area contributed by atoms with Gasteiger partial charge in [-0.3, -0.25) is 14.6 Å². The van der Waals surface area contributed by atoms with Crippen LogP contribution >= 0.6 is 0 Å². The number of nitrogens with one attached hydrogen (secondary N) is 1. The van der Waals surface area contributed by atoms with E-state index < -0.39 is 0 Å². The summed E-state index contributed by atoms with van der Waals surface area (Å²) < 4.78 is 14.8. The molecule has 0 radical (unpaired) electrons. The Balaban J connectivity index is 1.71. The number of nitrogens with zero attached hydrogens (tertiary/aromatic N) is 4. The standard InChI is InChI=1S/C17H18FN5O/c1-3-23-9-8-14(21-23)11-22(2)17(24)16-10-15(19-20-16)12-4-6-13(18)7-5-12/h4-10H,3,11H2,1-2H3,(H,19,20). The van der Waals surface area contributed by atoms with Crippen LogP contribution in [-0.4, -0.2) is 37.8 Å². The minimum atomic E-state index is -0.308. The molecule has 0 aliphatic rings. The van der Waals surface area contributed by atoms with Crippen LogP contribution in [0.25, 0.3) is 11.3 Å². The molecule has 0 saturated carbocycles. The first-order valence-electron chi connectivity index (χ1n) is 7.66. The number of carbonyl (C=O) groups is 1. The summed E-state index contributed by atoms with van der Waals surface area (Å²) in [6, 6.07) is 9.53. The summed E-state index contributed by atoms with van der Waals surface area (Å²) in [6.45, 7) is 3.21. The number of carbonyl (C=O) groups excluding carboxylic acids is 1. The lowest BCUT2D eigenvalue weighted by Crippen LogP contribution is -2.26. The SMILES string of the molecule is CCn1ccc(CN(C)C(=O)c2cc(-c3ccc(F)cc3)n[nH]2)n1. The number of H-pyrrole nitrogens is 1. The van der Waals surface area contributed by atoms with Crippen molar-refractivity contribution in [1.82, 2.24) is 24.9 Å². The van der Waals surface area contributed by atoms with E-state index in [9.17, 15) is 9.18 Å². The number of aromatic amines is 1. The summed E-state index contributed by atoms with van der Waals surface area (Å²) in [5, 5.41) is 11.2. The van der Waals surface area contributed by atoms with E-state index in [4.69, 9.17) is 0 Å². The molecule has 0 saturated heterocycles. The molecule has 24 heavy (non-hydrogen) atoms. The Hall–Kier alpha value is -2.96. The molecule has 0 aliphatic heterocycles. The molecule has 7 heteroatoms. The maximum Gasteiger partial charge on any atom is 0.271 e. The van der Waals surface area contributed by atoms with Crippen LogP contribution in [0.5, 0.6) is 0 Å². The lowest BCUT2D eigenvalue weighted by atomic mass is 10.1. The Bertz CT molecular complexity index is 837. The molecule has 0 fully saturated rings.